The van der Waals surface area contributed by atoms with Crippen molar-refractivity contribution in [1.82, 2.24) is 0 Å². The van der Waals surface area contributed by atoms with Crippen molar-refractivity contribution in [2.45, 2.75) is 20.3 Å². The lowest BCUT2D eigenvalue weighted by Gasteiger charge is -2.16. The van der Waals surface area contributed by atoms with E-state index in [1.807, 2.05) is 43.4 Å². The van der Waals surface area contributed by atoms with Crippen LogP contribution in [0.15, 0.2) is 42.5 Å². The number of esters is 2. The van der Waals surface area contributed by atoms with E-state index in [-0.39, 0.29) is 17.7 Å². The van der Waals surface area contributed by atoms with E-state index in [9.17, 15) is 9.59 Å². The molecule has 0 N–H and O–H groups in total. The number of hydrogen-bond donors (Lipinski definition) is 0. The number of carbonyl (C=O) groups excluding carboxylic acids is 2. The molecule has 2 rings (SSSR count). The van der Waals surface area contributed by atoms with Gasteiger partial charge in [-0.2, -0.15) is 0 Å². The molecular formula is C20H18O4. The van der Waals surface area contributed by atoms with Crippen LogP contribution < -0.4 is 0 Å². The van der Waals surface area contributed by atoms with Crippen molar-refractivity contribution >= 4 is 11.9 Å². The van der Waals surface area contributed by atoms with Crippen LogP contribution in [0, 0.1) is 12.5 Å². The molecule has 0 aromatic heterocycles. The van der Waals surface area contributed by atoms with Crippen molar-refractivity contribution in [3.63, 3.8) is 0 Å². The zero-order chi connectivity index (χ0) is 17.5. The van der Waals surface area contributed by atoms with E-state index in [0.29, 0.717) is 6.42 Å². The topological polar surface area (TPSA) is 52.6 Å². The fourth-order valence-electron chi connectivity index (χ4n) is 2.62. The predicted octanol–water partition coefficient (Wildman–Crippen LogP) is 3.84. The number of hydrogen-bond acceptors (Lipinski definition) is 4. The Labute approximate surface area is 141 Å². The standard InChI is InChI=1S/C20H18O4/c1-4-15-16(14-10-8-7-9-11-14)12-13-17(19(21)23-5-2)18(15)20(22)24-6-3/h2,7-13H,4,6H2,1,3H3. The van der Waals surface area contributed by atoms with E-state index in [2.05, 4.69) is 4.74 Å². The summed E-state index contributed by atoms with van der Waals surface area (Å²) in [6.07, 6.45) is 7.43. The molecule has 4 heteroatoms. The van der Waals surface area contributed by atoms with Gasteiger partial charge in [-0.05, 0) is 36.1 Å². The van der Waals surface area contributed by atoms with Gasteiger partial charge in [-0.3, -0.25) is 0 Å². The SMILES string of the molecule is C#COC(=O)c1ccc(-c2ccccc2)c(CC)c1C(=O)OCC. The van der Waals surface area contributed by atoms with E-state index in [4.69, 9.17) is 11.2 Å². The van der Waals surface area contributed by atoms with Crippen molar-refractivity contribution in [2.75, 3.05) is 6.61 Å². The van der Waals surface area contributed by atoms with Crippen molar-refractivity contribution in [1.29, 1.82) is 0 Å². The van der Waals surface area contributed by atoms with Gasteiger partial charge >= 0.3 is 11.9 Å². The molecule has 0 heterocycles. The molecule has 0 bridgehead atoms. The maximum Gasteiger partial charge on any atom is 0.352 e. The highest BCUT2D eigenvalue weighted by Gasteiger charge is 2.25. The quantitative estimate of drug-likeness (QED) is 0.620. The van der Waals surface area contributed by atoms with Gasteiger partial charge in [-0.25, -0.2) is 9.59 Å². The van der Waals surface area contributed by atoms with Crippen LogP contribution in [-0.2, 0) is 15.9 Å². The summed E-state index contributed by atoms with van der Waals surface area (Å²) in [5.74, 6) is -1.30. The molecule has 2 aromatic rings. The lowest BCUT2D eigenvalue weighted by molar-refractivity contribution is 0.0513. The van der Waals surface area contributed by atoms with E-state index in [0.717, 1.165) is 16.7 Å². The molecule has 0 fully saturated rings. The third-order valence-corrected chi connectivity index (χ3v) is 3.60. The normalized spacial score (nSPS) is 9.88. The summed E-state index contributed by atoms with van der Waals surface area (Å²) in [4.78, 5) is 24.6. The first-order valence-electron chi connectivity index (χ1n) is 7.69. The molecule has 0 spiro atoms. The number of rotatable bonds is 5. The van der Waals surface area contributed by atoms with Crippen LogP contribution in [-0.4, -0.2) is 18.5 Å². The maximum atomic E-state index is 12.5. The molecule has 0 atom stereocenters. The molecule has 0 aliphatic rings. The molecule has 0 aliphatic heterocycles. The Kier molecular flexibility index (Phi) is 5.75. The Hall–Kier alpha value is -3.06. The Morgan fingerprint density at radius 2 is 1.75 bits per heavy atom. The number of terminal acetylenes is 1. The molecule has 2 aromatic carbocycles. The zero-order valence-corrected chi connectivity index (χ0v) is 13.7. The lowest BCUT2D eigenvalue weighted by atomic mass is 9.90. The summed E-state index contributed by atoms with van der Waals surface area (Å²) in [5, 5.41) is 0. The number of carbonyl (C=O) groups is 2. The molecule has 0 saturated heterocycles. The number of ether oxygens (including phenoxy) is 2. The summed E-state index contributed by atoms with van der Waals surface area (Å²) >= 11 is 0. The van der Waals surface area contributed by atoms with Crippen molar-refractivity contribution in [3.05, 3.63) is 59.2 Å². The second-order valence-corrected chi connectivity index (χ2v) is 4.96. The van der Waals surface area contributed by atoms with Crippen LogP contribution >= 0.6 is 0 Å². The van der Waals surface area contributed by atoms with Gasteiger partial charge in [0.15, 0.2) is 0 Å². The fourth-order valence-corrected chi connectivity index (χ4v) is 2.62. The van der Waals surface area contributed by atoms with E-state index < -0.39 is 11.9 Å². The van der Waals surface area contributed by atoms with Gasteiger partial charge in [0.05, 0.1) is 17.7 Å². The Balaban J connectivity index is 2.70. The van der Waals surface area contributed by atoms with Gasteiger partial charge in [0.2, 0.25) is 0 Å². The summed E-state index contributed by atoms with van der Waals surface area (Å²) in [6.45, 7) is 3.84. The number of benzene rings is 2. The van der Waals surface area contributed by atoms with Gasteiger partial charge in [-0.15, -0.1) is 0 Å². The fraction of sp³-hybridized carbons (Fsp3) is 0.200. The minimum absolute atomic E-state index is 0.114. The highest BCUT2D eigenvalue weighted by Crippen LogP contribution is 2.30. The van der Waals surface area contributed by atoms with E-state index in [1.54, 1.807) is 19.1 Å². The average Bonchev–Trinajstić information content (AvgIpc) is 2.61. The van der Waals surface area contributed by atoms with Gasteiger partial charge in [0, 0.05) is 0 Å². The average molecular weight is 322 g/mol. The second-order valence-electron chi connectivity index (χ2n) is 4.96. The second kappa shape index (κ2) is 7.98. The molecule has 24 heavy (non-hydrogen) atoms. The van der Waals surface area contributed by atoms with Crippen LogP contribution in [0.5, 0.6) is 0 Å². The van der Waals surface area contributed by atoms with Crippen molar-refractivity contribution in [3.8, 4) is 23.7 Å². The Bertz CT molecular complexity index is 785. The van der Waals surface area contributed by atoms with Crippen LogP contribution in [0.3, 0.4) is 0 Å². The first kappa shape index (κ1) is 17.3. The molecule has 0 aliphatic carbocycles. The lowest BCUT2D eigenvalue weighted by Crippen LogP contribution is -2.16. The highest BCUT2D eigenvalue weighted by molar-refractivity contribution is 6.06. The van der Waals surface area contributed by atoms with Gasteiger partial charge in [0.25, 0.3) is 0 Å². The molecule has 122 valence electrons. The molecular weight excluding hydrogens is 304 g/mol. The monoisotopic (exact) mass is 322 g/mol. The Morgan fingerprint density at radius 1 is 1.04 bits per heavy atom. The minimum atomic E-state index is -0.741. The summed E-state index contributed by atoms with van der Waals surface area (Å²) in [6, 6.07) is 13.0. The first-order valence-corrected chi connectivity index (χ1v) is 7.69. The highest BCUT2D eigenvalue weighted by atomic mass is 16.5. The summed E-state index contributed by atoms with van der Waals surface area (Å²) in [7, 11) is 0. The van der Waals surface area contributed by atoms with Gasteiger partial charge in [0.1, 0.15) is 6.11 Å². The van der Waals surface area contributed by atoms with Gasteiger partial charge < -0.3 is 9.47 Å². The van der Waals surface area contributed by atoms with E-state index in [1.165, 1.54) is 0 Å². The Morgan fingerprint density at radius 3 is 2.33 bits per heavy atom. The van der Waals surface area contributed by atoms with Gasteiger partial charge in [-0.1, -0.05) is 49.7 Å². The zero-order valence-electron chi connectivity index (χ0n) is 13.7. The van der Waals surface area contributed by atoms with Crippen LogP contribution in [0.2, 0.25) is 0 Å². The van der Waals surface area contributed by atoms with Crippen molar-refractivity contribution in [2.24, 2.45) is 0 Å². The summed E-state index contributed by atoms with van der Waals surface area (Å²) in [5.41, 5.74) is 2.88. The van der Waals surface area contributed by atoms with Crippen molar-refractivity contribution < 1.29 is 19.1 Å². The van der Waals surface area contributed by atoms with Crippen LogP contribution in [0.1, 0.15) is 40.1 Å². The van der Waals surface area contributed by atoms with Crippen LogP contribution in [0.25, 0.3) is 11.1 Å². The summed E-state index contributed by atoms with van der Waals surface area (Å²) < 4.78 is 9.75. The third-order valence-electron chi connectivity index (χ3n) is 3.60. The molecule has 0 radical (unpaired) electrons. The first-order chi connectivity index (χ1) is 11.6. The predicted molar refractivity (Wildman–Crippen MR) is 91.5 cm³/mol. The smallest absolute Gasteiger partial charge is 0.352 e. The largest absolute Gasteiger partial charge is 0.462 e. The maximum absolute atomic E-state index is 12.5. The molecule has 4 nitrogen and oxygen atoms in total. The molecule has 0 amide bonds. The third kappa shape index (κ3) is 3.47. The molecule has 0 saturated carbocycles. The van der Waals surface area contributed by atoms with Crippen LogP contribution in [0.4, 0.5) is 0 Å². The van der Waals surface area contributed by atoms with E-state index >= 15 is 0 Å². The molecule has 0 unspecified atom stereocenters. The minimum Gasteiger partial charge on any atom is -0.462 e.